The molecule has 2 N–H and O–H groups in total. The second-order valence-corrected chi connectivity index (χ2v) is 15.6. The van der Waals surface area contributed by atoms with Gasteiger partial charge in [0, 0.05) is 48.6 Å². The third-order valence-corrected chi connectivity index (χ3v) is 6.45. The van der Waals surface area contributed by atoms with Crippen LogP contribution in [0.15, 0.2) is 0 Å². The molecule has 0 aromatic carbocycles. The first-order chi connectivity index (χ1) is 16.8. The summed E-state index contributed by atoms with van der Waals surface area (Å²) in [6.45, 7) is 31.3. The van der Waals surface area contributed by atoms with Gasteiger partial charge in [-0.15, -0.1) is 0 Å². The van der Waals surface area contributed by atoms with Gasteiger partial charge in [-0.25, -0.2) is 0 Å². The molecule has 1 unspecified atom stereocenters. The molecule has 0 aromatic rings. The predicted octanol–water partition coefficient (Wildman–Crippen LogP) is 5.53. The fourth-order valence-corrected chi connectivity index (χ4v) is 5.83. The monoisotopic (exact) mass is 562 g/mol. The van der Waals surface area contributed by atoms with E-state index in [1.807, 2.05) is 0 Å². The number of rotatable bonds is 18. The number of hydrogen-bond acceptors (Lipinski definition) is 6. The molecule has 0 aliphatic heterocycles. The third-order valence-electron chi connectivity index (χ3n) is 5.97. The number of carbonyl (C=O) groups excluding carboxylic acids is 2. The highest BCUT2D eigenvalue weighted by atomic mass is 32.1. The van der Waals surface area contributed by atoms with Crippen LogP contribution in [0.4, 0.5) is 0 Å². The Bertz CT molecular complexity index is 614. The normalized spacial score (nSPS) is 14.1. The zero-order valence-corrected chi connectivity index (χ0v) is 28.0. The maximum atomic E-state index is 12.2. The van der Waals surface area contributed by atoms with Crippen LogP contribution in [0.2, 0.25) is 0 Å². The van der Waals surface area contributed by atoms with Gasteiger partial charge in [0.1, 0.15) is 0 Å². The highest BCUT2D eigenvalue weighted by Crippen LogP contribution is 2.31. The summed E-state index contributed by atoms with van der Waals surface area (Å²) in [6, 6.07) is 0. The first kappa shape index (κ1) is 38.7. The summed E-state index contributed by atoms with van der Waals surface area (Å²) in [6.07, 6.45) is 4.44. The van der Waals surface area contributed by atoms with E-state index in [2.05, 4.69) is 109 Å². The summed E-state index contributed by atoms with van der Waals surface area (Å²) >= 11 is 9.19. The van der Waals surface area contributed by atoms with Crippen molar-refractivity contribution in [3.05, 3.63) is 0 Å². The minimum absolute atomic E-state index is 0.0219. The molecule has 0 spiro atoms. The number of nitrogens with zero attached hydrogens (tertiary/aromatic N) is 2. The van der Waals surface area contributed by atoms with Gasteiger partial charge in [-0.05, 0) is 56.7 Å². The van der Waals surface area contributed by atoms with Gasteiger partial charge in [0.05, 0.1) is 0 Å². The standard InChI is InChI=1S/C20H43N3OS.C9H19NOS/c1-8-12-22(9-2)14-15-23(10-3)13-11-18(24)21-17-20(7,25)16-19(4,5)6;1-8(2,6-10-7-11)5-9(3,4)12/h25H,8-17H2,1-7H3,(H,21,24);7,12H,5-6H2,1-4H3,(H,10,11). The van der Waals surface area contributed by atoms with Crippen LogP contribution in [0.1, 0.15) is 102 Å². The first-order valence-corrected chi connectivity index (χ1v) is 15.0. The van der Waals surface area contributed by atoms with Crippen molar-refractivity contribution in [1.29, 1.82) is 0 Å². The van der Waals surface area contributed by atoms with Crippen LogP contribution in [-0.2, 0) is 9.59 Å². The van der Waals surface area contributed by atoms with E-state index >= 15 is 0 Å². The number of thiol groups is 2. The molecule has 222 valence electrons. The first-order valence-electron chi connectivity index (χ1n) is 14.1. The van der Waals surface area contributed by atoms with E-state index in [1.54, 1.807) is 0 Å². The average Bonchev–Trinajstić information content (AvgIpc) is 2.72. The largest absolute Gasteiger partial charge is 0.358 e. The Morgan fingerprint density at radius 2 is 1.30 bits per heavy atom. The minimum Gasteiger partial charge on any atom is -0.358 e. The number of amides is 2. The van der Waals surface area contributed by atoms with Crippen molar-refractivity contribution in [3.8, 4) is 0 Å². The highest BCUT2D eigenvalue weighted by Gasteiger charge is 2.27. The lowest BCUT2D eigenvalue weighted by Crippen LogP contribution is -2.41. The van der Waals surface area contributed by atoms with Crippen molar-refractivity contribution in [3.63, 3.8) is 0 Å². The molecule has 0 aliphatic carbocycles. The van der Waals surface area contributed by atoms with E-state index in [0.717, 1.165) is 58.5 Å². The second-order valence-electron chi connectivity index (χ2n) is 13.3. The molecule has 0 saturated carbocycles. The number of likely N-dealkylation sites (N-methyl/N-ethyl adjacent to an activating group) is 2. The molecule has 2 amide bonds. The van der Waals surface area contributed by atoms with Gasteiger partial charge in [0.15, 0.2) is 0 Å². The zero-order chi connectivity index (χ0) is 29.3. The van der Waals surface area contributed by atoms with Crippen molar-refractivity contribution < 1.29 is 9.59 Å². The molecule has 6 nitrogen and oxygen atoms in total. The maximum Gasteiger partial charge on any atom is 0.221 e. The van der Waals surface area contributed by atoms with Gasteiger partial charge in [0.25, 0.3) is 0 Å². The van der Waals surface area contributed by atoms with E-state index in [-0.39, 0.29) is 26.2 Å². The van der Waals surface area contributed by atoms with Gasteiger partial charge in [-0.3, -0.25) is 9.59 Å². The van der Waals surface area contributed by atoms with Crippen LogP contribution in [0.5, 0.6) is 0 Å². The molecule has 0 rings (SSSR count). The van der Waals surface area contributed by atoms with Crippen LogP contribution in [0, 0.1) is 10.8 Å². The maximum absolute atomic E-state index is 12.2. The number of nitrogens with one attached hydrogen (secondary N) is 2. The lowest BCUT2D eigenvalue weighted by atomic mass is 9.83. The summed E-state index contributed by atoms with van der Waals surface area (Å²) < 4.78 is -0.145. The molecule has 1 atom stereocenters. The molecule has 0 fully saturated rings. The van der Waals surface area contributed by atoms with Gasteiger partial charge in [0.2, 0.25) is 12.3 Å². The van der Waals surface area contributed by atoms with Crippen LogP contribution >= 0.6 is 25.3 Å². The molecule has 0 radical (unpaired) electrons. The smallest absolute Gasteiger partial charge is 0.221 e. The molecule has 37 heavy (non-hydrogen) atoms. The lowest BCUT2D eigenvalue weighted by Gasteiger charge is -2.31. The van der Waals surface area contributed by atoms with Crippen LogP contribution < -0.4 is 10.6 Å². The summed E-state index contributed by atoms with van der Waals surface area (Å²) in [5.41, 5.74) is 0.329. The fourth-order valence-electron chi connectivity index (χ4n) is 4.85. The third kappa shape index (κ3) is 25.6. The van der Waals surface area contributed by atoms with Crippen LogP contribution in [0.3, 0.4) is 0 Å². The second kappa shape index (κ2) is 18.8. The van der Waals surface area contributed by atoms with E-state index in [1.165, 1.54) is 6.42 Å². The van der Waals surface area contributed by atoms with Gasteiger partial charge in [-0.1, -0.05) is 69.2 Å². The van der Waals surface area contributed by atoms with Crippen molar-refractivity contribution in [2.24, 2.45) is 10.8 Å². The summed E-state index contributed by atoms with van der Waals surface area (Å²) in [5.74, 6) is 0.133. The number of hydrogen-bond donors (Lipinski definition) is 4. The quantitative estimate of drug-likeness (QED) is 0.131. The Kier molecular flexibility index (Phi) is 19.6. The van der Waals surface area contributed by atoms with Gasteiger partial charge in [-0.2, -0.15) is 25.3 Å². The highest BCUT2D eigenvalue weighted by molar-refractivity contribution is 7.82. The van der Waals surface area contributed by atoms with E-state index in [9.17, 15) is 9.59 Å². The van der Waals surface area contributed by atoms with Crippen LogP contribution in [-0.4, -0.2) is 84.0 Å². The van der Waals surface area contributed by atoms with Gasteiger partial charge >= 0.3 is 0 Å². The zero-order valence-electron chi connectivity index (χ0n) is 26.2. The van der Waals surface area contributed by atoms with Crippen molar-refractivity contribution in [1.82, 2.24) is 20.4 Å². The predicted molar refractivity (Wildman–Crippen MR) is 169 cm³/mol. The van der Waals surface area contributed by atoms with E-state index in [4.69, 9.17) is 12.6 Å². The van der Waals surface area contributed by atoms with E-state index < -0.39 is 0 Å². The molecular formula is C29H62N4O2S2. The van der Waals surface area contributed by atoms with E-state index in [0.29, 0.717) is 19.5 Å². The Morgan fingerprint density at radius 1 is 0.784 bits per heavy atom. The summed E-state index contributed by atoms with van der Waals surface area (Å²) in [5, 5.41) is 5.77. The Hall–Kier alpha value is -0.440. The minimum atomic E-state index is -0.167. The molecule has 0 aromatic heterocycles. The Labute approximate surface area is 241 Å². The summed E-state index contributed by atoms with van der Waals surface area (Å²) in [4.78, 5) is 27.1. The molecule has 0 aliphatic rings. The topological polar surface area (TPSA) is 64.7 Å². The molecular weight excluding hydrogens is 500 g/mol. The van der Waals surface area contributed by atoms with Crippen molar-refractivity contribution in [2.45, 2.75) is 111 Å². The molecule has 8 heteroatoms. The Balaban J connectivity index is 0. The van der Waals surface area contributed by atoms with Crippen molar-refractivity contribution in [2.75, 3.05) is 52.4 Å². The van der Waals surface area contributed by atoms with Crippen LogP contribution in [0.25, 0.3) is 0 Å². The fraction of sp³-hybridized carbons (Fsp3) is 0.931. The SMILES string of the molecule is CC(C)(S)CC(C)(C)CNC=O.CCCN(CC)CCN(CC)CCC(=O)NCC(C)(S)CC(C)(C)C. The number of carbonyl (C=O) groups is 2. The average molecular weight is 563 g/mol. The molecule has 0 heterocycles. The summed E-state index contributed by atoms with van der Waals surface area (Å²) in [7, 11) is 0. The van der Waals surface area contributed by atoms with Crippen molar-refractivity contribution >= 4 is 37.6 Å². The molecule has 0 bridgehead atoms. The van der Waals surface area contributed by atoms with Gasteiger partial charge < -0.3 is 20.4 Å². The lowest BCUT2D eigenvalue weighted by molar-refractivity contribution is -0.121. The Morgan fingerprint density at radius 3 is 1.70 bits per heavy atom. The molecule has 0 saturated heterocycles.